The van der Waals surface area contributed by atoms with Crippen molar-refractivity contribution in [3.63, 3.8) is 0 Å². The fraction of sp³-hybridized carbons (Fsp3) is 0.962. The Morgan fingerprint density at radius 3 is 2.31 bits per heavy atom. The zero-order chi connectivity index (χ0) is 21.4. The van der Waals surface area contributed by atoms with Crippen molar-refractivity contribution in [3.8, 4) is 0 Å². The second kappa shape index (κ2) is 8.89. The van der Waals surface area contributed by atoms with Crippen molar-refractivity contribution in [2.75, 3.05) is 0 Å². The molecule has 0 saturated heterocycles. The summed E-state index contributed by atoms with van der Waals surface area (Å²) in [5.41, 5.74) is 0.484. The first-order chi connectivity index (χ1) is 13.7. The van der Waals surface area contributed by atoms with Gasteiger partial charge in [-0.15, -0.1) is 0 Å². The summed E-state index contributed by atoms with van der Waals surface area (Å²) in [5, 5.41) is 10.2. The third kappa shape index (κ3) is 4.02. The molecule has 4 aliphatic rings. The summed E-state index contributed by atoms with van der Waals surface area (Å²) < 4.78 is 5.99. The zero-order valence-corrected chi connectivity index (χ0v) is 19.9. The molecule has 4 rings (SSSR count). The maximum atomic E-state index is 11.9. The van der Waals surface area contributed by atoms with E-state index in [1.165, 1.54) is 38.5 Å². The maximum absolute atomic E-state index is 11.9. The van der Waals surface area contributed by atoms with Gasteiger partial charge in [0.05, 0.1) is 6.10 Å². The monoisotopic (exact) mass is 406 g/mol. The summed E-state index contributed by atoms with van der Waals surface area (Å²) in [6.45, 7) is 13.2. The van der Waals surface area contributed by atoms with Gasteiger partial charge in [0.1, 0.15) is 6.10 Å². The molecule has 0 spiro atoms. The molecule has 0 bridgehead atoms. The Bertz CT molecular complexity index is 572. The highest BCUT2D eigenvalue weighted by Crippen LogP contribution is 2.67. The number of carbonyl (C=O) groups is 1. The molecule has 4 saturated carbocycles. The molecule has 1 N–H and O–H groups in total. The van der Waals surface area contributed by atoms with Crippen molar-refractivity contribution in [1.82, 2.24) is 0 Å². The first-order valence-corrected chi connectivity index (χ1v) is 12.5. The van der Waals surface area contributed by atoms with Gasteiger partial charge in [-0.05, 0) is 86.4 Å². The largest absolute Gasteiger partial charge is 0.462 e. The van der Waals surface area contributed by atoms with Gasteiger partial charge < -0.3 is 9.84 Å². The third-order valence-corrected chi connectivity index (χ3v) is 9.98. The highest BCUT2D eigenvalue weighted by atomic mass is 16.5. The number of rotatable bonds is 2. The molecule has 168 valence electrons. The van der Waals surface area contributed by atoms with E-state index in [1.54, 1.807) is 6.92 Å². The lowest BCUT2D eigenvalue weighted by atomic mass is 9.44. The number of fused-ring (bicyclic) bond motifs is 5. The SMILES string of the molecule is CC(=O)OC1CC2C(CCC3CC(O)CCC32C)C2CCC(C)C12C.CCCC. The quantitative estimate of drug-likeness (QED) is 0.542. The van der Waals surface area contributed by atoms with E-state index in [-0.39, 0.29) is 23.6 Å². The van der Waals surface area contributed by atoms with E-state index in [9.17, 15) is 9.90 Å². The van der Waals surface area contributed by atoms with E-state index >= 15 is 0 Å². The number of aliphatic hydroxyl groups excluding tert-OH is 1. The first kappa shape index (κ1) is 23.1. The van der Waals surface area contributed by atoms with Crippen LogP contribution in [0.5, 0.6) is 0 Å². The summed E-state index contributed by atoms with van der Waals surface area (Å²) in [7, 11) is 0. The van der Waals surface area contributed by atoms with Crippen LogP contribution in [0.1, 0.15) is 106 Å². The van der Waals surface area contributed by atoms with Crippen LogP contribution in [-0.4, -0.2) is 23.3 Å². The van der Waals surface area contributed by atoms with E-state index in [0.717, 1.165) is 31.6 Å². The molecule has 0 heterocycles. The van der Waals surface area contributed by atoms with Crippen LogP contribution in [0.15, 0.2) is 0 Å². The summed E-state index contributed by atoms with van der Waals surface area (Å²) >= 11 is 0. The molecule has 0 radical (unpaired) electrons. The highest BCUT2D eigenvalue weighted by molar-refractivity contribution is 5.66. The molecule has 4 aliphatic carbocycles. The van der Waals surface area contributed by atoms with Gasteiger partial charge in [0.15, 0.2) is 0 Å². The van der Waals surface area contributed by atoms with Crippen molar-refractivity contribution >= 4 is 5.97 Å². The van der Waals surface area contributed by atoms with Crippen LogP contribution in [0.3, 0.4) is 0 Å². The Morgan fingerprint density at radius 1 is 1.00 bits per heavy atom. The van der Waals surface area contributed by atoms with Crippen molar-refractivity contribution in [1.29, 1.82) is 0 Å². The number of aliphatic hydroxyl groups is 1. The molecule has 3 heteroatoms. The molecule has 0 amide bonds. The molecule has 0 aliphatic heterocycles. The second-order valence-corrected chi connectivity index (χ2v) is 11.3. The smallest absolute Gasteiger partial charge is 0.302 e. The van der Waals surface area contributed by atoms with Gasteiger partial charge in [0.25, 0.3) is 0 Å². The minimum atomic E-state index is -0.112. The van der Waals surface area contributed by atoms with Crippen molar-refractivity contribution < 1.29 is 14.6 Å². The van der Waals surface area contributed by atoms with Gasteiger partial charge in [-0.1, -0.05) is 47.5 Å². The number of hydrogen-bond donors (Lipinski definition) is 1. The maximum Gasteiger partial charge on any atom is 0.302 e. The van der Waals surface area contributed by atoms with Crippen molar-refractivity contribution in [2.24, 2.45) is 40.4 Å². The molecule has 29 heavy (non-hydrogen) atoms. The van der Waals surface area contributed by atoms with Gasteiger partial charge in [-0.2, -0.15) is 0 Å². The minimum absolute atomic E-state index is 0.0798. The lowest BCUT2D eigenvalue weighted by Gasteiger charge is -2.62. The lowest BCUT2D eigenvalue weighted by Crippen LogP contribution is -2.59. The molecule has 3 nitrogen and oxygen atoms in total. The first-order valence-electron chi connectivity index (χ1n) is 12.5. The topological polar surface area (TPSA) is 46.5 Å². The van der Waals surface area contributed by atoms with Gasteiger partial charge in [0, 0.05) is 12.3 Å². The standard InChI is InChI=1S/C22H36O3.C4H10/c1-13-5-8-18-17-7-6-15-11-16(24)9-10-21(15,3)19(17)12-20(22(13,18)4)25-14(2)23;1-3-4-2/h13,15-20,24H,5-12H2,1-4H3;3-4H2,1-2H3. The van der Waals surface area contributed by atoms with Crippen LogP contribution in [-0.2, 0) is 9.53 Å². The van der Waals surface area contributed by atoms with E-state index in [2.05, 4.69) is 34.6 Å². The van der Waals surface area contributed by atoms with Crippen LogP contribution in [0.25, 0.3) is 0 Å². The van der Waals surface area contributed by atoms with Crippen LogP contribution in [0, 0.1) is 40.4 Å². The Balaban J connectivity index is 0.000000552. The van der Waals surface area contributed by atoms with Gasteiger partial charge in [-0.3, -0.25) is 4.79 Å². The van der Waals surface area contributed by atoms with E-state index in [0.29, 0.717) is 29.1 Å². The number of ether oxygens (including phenoxy) is 1. The predicted molar refractivity (Wildman–Crippen MR) is 118 cm³/mol. The Labute approximate surface area is 179 Å². The van der Waals surface area contributed by atoms with Crippen molar-refractivity contribution in [2.45, 2.75) is 118 Å². The second-order valence-electron chi connectivity index (χ2n) is 11.3. The molecule has 0 aromatic rings. The van der Waals surface area contributed by atoms with Gasteiger partial charge >= 0.3 is 5.97 Å². The van der Waals surface area contributed by atoms with E-state index in [4.69, 9.17) is 4.74 Å². The predicted octanol–water partition coefficient (Wildman–Crippen LogP) is 6.37. The summed E-state index contributed by atoms with van der Waals surface area (Å²) in [5.74, 6) is 3.33. The Kier molecular flexibility index (Phi) is 7.08. The molecule has 0 aromatic carbocycles. The van der Waals surface area contributed by atoms with Gasteiger partial charge in [0.2, 0.25) is 0 Å². The van der Waals surface area contributed by atoms with E-state index < -0.39 is 0 Å². The van der Waals surface area contributed by atoms with Crippen LogP contribution in [0.2, 0.25) is 0 Å². The fourth-order valence-electron chi connectivity index (χ4n) is 7.85. The van der Waals surface area contributed by atoms with E-state index in [1.807, 2.05) is 0 Å². The normalized spacial score (nSPS) is 48.4. The molecular weight excluding hydrogens is 360 g/mol. The summed E-state index contributed by atoms with van der Waals surface area (Å²) in [6, 6.07) is 0. The van der Waals surface area contributed by atoms with Crippen LogP contribution < -0.4 is 0 Å². The number of unbranched alkanes of at least 4 members (excludes halogenated alkanes) is 1. The Morgan fingerprint density at radius 2 is 1.69 bits per heavy atom. The molecule has 0 aromatic heterocycles. The molecular formula is C26H46O3. The van der Waals surface area contributed by atoms with Gasteiger partial charge in [-0.25, -0.2) is 0 Å². The average Bonchev–Trinajstić information content (AvgIpc) is 2.99. The molecule has 9 unspecified atom stereocenters. The number of carbonyl (C=O) groups excluding carboxylic acids is 1. The number of esters is 1. The lowest BCUT2D eigenvalue weighted by molar-refractivity contribution is -0.192. The average molecular weight is 407 g/mol. The number of hydrogen-bond acceptors (Lipinski definition) is 3. The highest BCUT2D eigenvalue weighted by Gasteiger charge is 2.63. The summed E-state index contributed by atoms with van der Waals surface area (Å²) in [6.07, 6.45) is 11.9. The zero-order valence-electron chi connectivity index (χ0n) is 19.9. The molecule has 4 fully saturated rings. The van der Waals surface area contributed by atoms with Crippen LogP contribution >= 0.6 is 0 Å². The molecule has 9 atom stereocenters. The fourth-order valence-corrected chi connectivity index (χ4v) is 7.85. The minimum Gasteiger partial charge on any atom is -0.462 e. The van der Waals surface area contributed by atoms with Crippen LogP contribution in [0.4, 0.5) is 0 Å². The summed E-state index contributed by atoms with van der Waals surface area (Å²) in [4.78, 5) is 11.9. The Hall–Kier alpha value is -0.570. The van der Waals surface area contributed by atoms with Crippen molar-refractivity contribution in [3.05, 3.63) is 0 Å². The third-order valence-electron chi connectivity index (χ3n) is 9.98.